The first kappa shape index (κ1) is 15.3. The van der Waals surface area contributed by atoms with Crippen LogP contribution in [0.1, 0.15) is 23.6 Å². The molecule has 0 atom stereocenters. The van der Waals surface area contributed by atoms with Crippen LogP contribution in [0, 0.1) is 0 Å². The molecule has 0 saturated heterocycles. The monoisotopic (exact) mass is 301 g/mol. The van der Waals surface area contributed by atoms with Crippen LogP contribution >= 0.6 is 12.2 Å². The fourth-order valence-corrected chi connectivity index (χ4v) is 2.22. The molecule has 0 radical (unpaired) electrons. The van der Waals surface area contributed by atoms with Crippen molar-refractivity contribution in [3.05, 3.63) is 59.2 Å². The number of benzene rings is 2. The van der Waals surface area contributed by atoms with Gasteiger partial charge in [0.2, 0.25) is 0 Å². The lowest BCUT2D eigenvalue weighted by atomic mass is 10.1. The Bertz CT molecular complexity index is 640. The van der Waals surface area contributed by atoms with E-state index >= 15 is 0 Å². The summed E-state index contributed by atoms with van der Waals surface area (Å²) >= 11 is 5.04. The second-order valence-corrected chi connectivity index (χ2v) is 5.13. The molecular weight excluding hydrogens is 282 g/mol. The molecular formula is C17H19NO2S. The highest BCUT2D eigenvalue weighted by Gasteiger charge is 2.07. The molecule has 0 saturated carbocycles. The average Bonchev–Trinajstić information content (AvgIpc) is 2.52. The Morgan fingerprint density at radius 3 is 2.62 bits per heavy atom. The standard InChI is InChI=1S/C17H19NO2S/c1-3-12-5-4-6-14(9-12)20-11-13-7-8-16(19-2)15(10-13)17(18)21/h4-10H,3,11H2,1-2H3,(H2,18,21). The van der Waals surface area contributed by atoms with Crippen molar-refractivity contribution in [1.29, 1.82) is 0 Å². The van der Waals surface area contributed by atoms with Gasteiger partial charge in [-0.1, -0.05) is 37.3 Å². The molecule has 2 rings (SSSR count). The molecule has 0 aliphatic rings. The van der Waals surface area contributed by atoms with Crippen LogP contribution in [-0.2, 0) is 13.0 Å². The Kier molecular flexibility index (Phi) is 5.17. The van der Waals surface area contributed by atoms with Crippen molar-refractivity contribution in [2.24, 2.45) is 5.73 Å². The minimum Gasteiger partial charge on any atom is -0.496 e. The Balaban J connectivity index is 2.12. The largest absolute Gasteiger partial charge is 0.496 e. The molecule has 0 amide bonds. The maximum Gasteiger partial charge on any atom is 0.129 e. The van der Waals surface area contributed by atoms with Gasteiger partial charge >= 0.3 is 0 Å². The van der Waals surface area contributed by atoms with Crippen LogP contribution in [0.3, 0.4) is 0 Å². The third-order valence-electron chi connectivity index (χ3n) is 3.24. The van der Waals surface area contributed by atoms with Crippen LogP contribution < -0.4 is 15.2 Å². The summed E-state index contributed by atoms with van der Waals surface area (Å²) in [5.74, 6) is 1.54. The van der Waals surface area contributed by atoms with E-state index in [0.29, 0.717) is 17.3 Å². The van der Waals surface area contributed by atoms with E-state index in [0.717, 1.165) is 23.3 Å². The lowest BCUT2D eigenvalue weighted by Gasteiger charge is -2.11. The zero-order valence-corrected chi connectivity index (χ0v) is 13.1. The van der Waals surface area contributed by atoms with E-state index in [2.05, 4.69) is 19.1 Å². The van der Waals surface area contributed by atoms with Crippen LogP contribution in [0.4, 0.5) is 0 Å². The SMILES string of the molecule is CCc1cccc(OCc2ccc(OC)c(C(N)=S)c2)c1. The van der Waals surface area contributed by atoms with E-state index in [4.69, 9.17) is 27.4 Å². The van der Waals surface area contributed by atoms with Crippen LogP contribution in [0.25, 0.3) is 0 Å². The Morgan fingerprint density at radius 1 is 1.14 bits per heavy atom. The molecule has 3 nitrogen and oxygen atoms in total. The van der Waals surface area contributed by atoms with Crippen molar-refractivity contribution in [2.45, 2.75) is 20.0 Å². The zero-order chi connectivity index (χ0) is 15.2. The smallest absolute Gasteiger partial charge is 0.129 e. The van der Waals surface area contributed by atoms with Crippen molar-refractivity contribution in [2.75, 3.05) is 7.11 Å². The van der Waals surface area contributed by atoms with Gasteiger partial charge in [-0.15, -0.1) is 0 Å². The second kappa shape index (κ2) is 7.09. The predicted octanol–water partition coefficient (Wildman–Crippen LogP) is 3.47. The van der Waals surface area contributed by atoms with Crippen molar-refractivity contribution < 1.29 is 9.47 Å². The maximum absolute atomic E-state index is 5.82. The minimum absolute atomic E-state index is 0.321. The summed E-state index contributed by atoms with van der Waals surface area (Å²) in [5.41, 5.74) is 8.70. The third-order valence-corrected chi connectivity index (χ3v) is 3.46. The molecule has 2 N–H and O–H groups in total. The molecule has 0 fully saturated rings. The van der Waals surface area contributed by atoms with Crippen molar-refractivity contribution >= 4 is 17.2 Å². The summed E-state index contributed by atoms with van der Waals surface area (Å²) in [5, 5.41) is 0. The highest BCUT2D eigenvalue weighted by Crippen LogP contribution is 2.21. The van der Waals surface area contributed by atoms with Crippen molar-refractivity contribution in [1.82, 2.24) is 0 Å². The molecule has 0 bridgehead atoms. The summed E-state index contributed by atoms with van der Waals surface area (Å²) in [4.78, 5) is 0.321. The summed E-state index contributed by atoms with van der Waals surface area (Å²) < 4.78 is 11.1. The summed E-state index contributed by atoms with van der Waals surface area (Å²) in [6, 6.07) is 13.8. The van der Waals surface area contributed by atoms with Crippen LogP contribution in [0.15, 0.2) is 42.5 Å². The molecule has 0 unspecified atom stereocenters. The van der Waals surface area contributed by atoms with Gasteiger partial charge in [-0.05, 0) is 41.8 Å². The van der Waals surface area contributed by atoms with Crippen LogP contribution in [0.2, 0.25) is 0 Å². The molecule has 0 aromatic heterocycles. The molecule has 0 aliphatic heterocycles. The predicted molar refractivity (Wildman–Crippen MR) is 89.0 cm³/mol. The van der Waals surface area contributed by atoms with E-state index in [1.54, 1.807) is 7.11 Å². The number of nitrogens with two attached hydrogens (primary N) is 1. The van der Waals surface area contributed by atoms with E-state index < -0.39 is 0 Å². The van der Waals surface area contributed by atoms with E-state index in [-0.39, 0.29) is 0 Å². The van der Waals surface area contributed by atoms with Gasteiger partial charge in [-0.2, -0.15) is 0 Å². The van der Waals surface area contributed by atoms with E-state index in [1.807, 2.05) is 30.3 Å². The number of rotatable bonds is 6. The minimum atomic E-state index is 0.321. The topological polar surface area (TPSA) is 44.5 Å². The van der Waals surface area contributed by atoms with E-state index in [9.17, 15) is 0 Å². The number of ether oxygens (including phenoxy) is 2. The molecule has 2 aromatic rings. The fraction of sp³-hybridized carbons (Fsp3) is 0.235. The van der Waals surface area contributed by atoms with Crippen molar-refractivity contribution in [3.63, 3.8) is 0 Å². The molecule has 0 heterocycles. The number of hydrogen-bond donors (Lipinski definition) is 1. The summed E-state index contributed by atoms with van der Waals surface area (Å²) in [6.07, 6.45) is 0.991. The Hall–Kier alpha value is -2.07. The lowest BCUT2D eigenvalue weighted by molar-refractivity contribution is 0.305. The van der Waals surface area contributed by atoms with Gasteiger partial charge in [0.05, 0.1) is 12.7 Å². The van der Waals surface area contributed by atoms with Gasteiger partial charge in [0, 0.05) is 0 Å². The molecule has 21 heavy (non-hydrogen) atoms. The quantitative estimate of drug-likeness (QED) is 0.830. The molecule has 2 aromatic carbocycles. The maximum atomic E-state index is 5.82. The second-order valence-electron chi connectivity index (χ2n) is 4.69. The Morgan fingerprint density at radius 2 is 1.95 bits per heavy atom. The van der Waals surface area contributed by atoms with Gasteiger partial charge in [-0.3, -0.25) is 0 Å². The van der Waals surface area contributed by atoms with E-state index in [1.165, 1.54) is 5.56 Å². The van der Waals surface area contributed by atoms with Gasteiger partial charge in [0.15, 0.2) is 0 Å². The van der Waals surface area contributed by atoms with Gasteiger partial charge in [-0.25, -0.2) is 0 Å². The van der Waals surface area contributed by atoms with Crippen LogP contribution in [0.5, 0.6) is 11.5 Å². The Labute approximate surface area is 130 Å². The first-order valence-electron chi connectivity index (χ1n) is 6.82. The fourth-order valence-electron chi connectivity index (χ4n) is 2.06. The van der Waals surface area contributed by atoms with Gasteiger partial charge < -0.3 is 15.2 Å². The number of hydrogen-bond acceptors (Lipinski definition) is 3. The number of aryl methyl sites for hydroxylation is 1. The number of methoxy groups -OCH3 is 1. The lowest BCUT2D eigenvalue weighted by Crippen LogP contribution is -2.12. The average molecular weight is 301 g/mol. The first-order chi connectivity index (χ1) is 10.1. The van der Waals surface area contributed by atoms with Gasteiger partial charge in [0.25, 0.3) is 0 Å². The summed E-state index contributed by atoms with van der Waals surface area (Å²) in [6.45, 7) is 2.59. The third kappa shape index (κ3) is 3.95. The molecule has 0 aliphatic carbocycles. The molecule has 110 valence electrons. The first-order valence-corrected chi connectivity index (χ1v) is 7.23. The zero-order valence-electron chi connectivity index (χ0n) is 12.3. The number of thiocarbonyl (C=S) groups is 1. The van der Waals surface area contributed by atoms with Gasteiger partial charge in [0.1, 0.15) is 23.1 Å². The highest BCUT2D eigenvalue weighted by molar-refractivity contribution is 7.80. The summed E-state index contributed by atoms with van der Waals surface area (Å²) in [7, 11) is 1.60. The van der Waals surface area contributed by atoms with Crippen molar-refractivity contribution in [3.8, 4) is 11.5 Å². The van der Waals surface area contributed by atoms with Crippen LogP contribution in [-0.4, -0.2) is 12.1 Å². The molecule has 0 spiro atoms. The molecule has 4 heteroatoms. The highest BCUT2D eigenvalue weighted by atomic mass is 32.1. The normalized spacial score (nSPS) is 10.2.